The number of carbonyl (C=O) groups is 3. The van der Waals surface area contributed by atoms with Gasteiger partial charge in [-0.2, -0.15) is 0 Å². The third kappa shape index (κ3) is 2.44. The van der Waals surface area contributed by atoms with Gasteiger partial charge in [-0.15, -0.1) is 5.73 Å². The molecule has 0 bridgehead atoms. The number of hydrogen-bond donors (Lipinski definition) is 0. The molecule has 0 saturated heterocycles. The Morgan fingerprint density at radius 2 is 1.95 bits per heavy atom. The van der Waals surface area contributed by atoms with Crippen molar-refractivity contribution in [2.45, 2.75) is 51.9 Å². The first kappa shape index (κ1) is 14.5. The molecule has 0 aromatic carbocycles. The zero-order valence-electron chi connectivity index (χ0n) is 12.6. The van der Waals surface area contributed by atoms with Crippen molar-refractivity contribution in [1.82, 2.24) is 0 Å². The van der Waals surface area contributed by atoms with Gasteiger partial charge in [-0.25, -0.2) is 0 Å². The summed E-state index contributed by atoms with van der Waals surface area (Å²) in [7, 11) is 0. The maximum atomic E-state index is 12.5. The number of carbonyl (C=O) groups excluding carboxylic acids is 3. The number of allylic oxidation sites excluding steroid dienone is 1. The summed E-state index contributed by atoms with van der Waals surface area (Å²) in [5.41, 5.74) is 2.74. The predicted octanol–water partition coefficient (Wildman–Crippen LogP) is 3.03. The van der Waals surface area contributed by atoms with Crippen molar-refractivity contribution in [3.05, 3.63) is 17.9 Å². The van der Waals surface area contributed by atoms with Gasteiger partial charge in [-0.3, -0.25) is 14.4 Å². The third-order valence-electron chi connectivity index (χ3n) is 5.93. The van der Waals surface area contributed by atoms with Crippen LogP contribution in [0.25, 0.3) is 0 Å². The molecule has 4 atom stereocenters. The first-order valence-corrected chi connectivity index (χ1v) is 8.02. The van der Waals surface area contributed by atoms with Crippen LogP contribution in [0.5, 0.6) is 0 Å². The minimum Gasteiger partial charge on any atom is -0.299 e. The predicted molar refractivity (Wildman–Crippen MR) is 78.6 cm³/mol. The van der Waals surface area contributed by atoms with E-state index in [1.807, 2.05) is 6.08 Å². The molecule has 0 heterocycles. The Hall–Kier alpha value is -1.47. The summed E-state index contributed by atoms with van der Waals surface area (Å²) >= 11 is 0. The van der Waals surface area contributed by atoms with Gasteiger partial charge in [0.15, 0.2) is 5.78 Å². The summed E-state index contributed by atoms with van der Waals surface area (Å²) in [6, 6.07) is 0. The second kappa shape index (κ2) is 5.38. The van der Waals surface area contributed by atoms with Crippen molar-refractivity contribution < 1.29 is 14.4 Å². The topological polar surface area (TPSA) is 51.2 Å². The first-order chi connectivity index (χ1) is 10.0. The van der Waals surface area contributed by atoms with E-state index in [4.69, 9.17) is 0 Å². The number of fused-ring (bicyclic) bond motifs is 3. The molecule has 3 aliphatic carbocycles. The van der Waals surface area contributed by atoms with Gasteiger partial charge in [0.2, 0.25) is 0 Å². The molecule has 3 nitrogen and oxygen atoms in total. The van der Waals surface area contributed by atoms with Gasteiger partial charge >= 0.3 is 0 Å². The molecule has 0 aliphatic heterocycles. The van der Waals surface area contributed by atoms with E-state index < -0.39 is 0 Å². The average molecular weight is 286 g/mol. The molecule has 21 heavy (non-hydrogen) atoms. The van der Waals surface area contributed by atoms with Gasteiger partial charge in [-0.05, 0) is 43.6 Å². The lowest BCUT2D eigenvalue weighted by Gasteiger charge is -2.44. The van der Waals surface area contributed by atoms with Gasteiger partial charge < -0.3 is 0 Å². The molecule has 0 aromatic rings. The van der Waals surface area contributed by atoms with E-state index in [1.54, 1.807) is 0 Å². The van der Waals surface area contributed by atoms with Crippen LogP contribution in [0.3, 0.4) is 0 Å². The normalized spacial score (nSPS) is 40.0. The van der Waals surface area contributed by atoms with Crippen molar-refractivity contribution in [2.75, 3.05) is 0 Å². The smallest absolute Gasteiger partial charge is 0.163 e. The lowest BCUT2D eigenvalue weighted by molar-refractivity contribution is -0.136. The average Bonchev–Trinajstić information content (AvgIpc) is 2.76. The Morgan fingerprint density at radius 3 is 2.76 bits per heavy atom. The molecule has 0 N–H and O–H groups in total. The van der Waals surface area contributed by atoms with E-state index in [0.717, 1.165) is 25.7 Å². The van der Waals surface area contributed by atoms with Gasteiger partial charge in [-0.1, -0.05) is 6.92 Å². The molecule has 2 saturated carbocycles. The fourth-order valence-electron chi connectivity index (χ4n) is 4.65. The van der Waals surface area contributed by atoms with Gasteiger partial charge in [0.1, 0.15) is 11.6 Å². The van der Waals surface area contributed by atoms with Crippen molar-refractivity contribution >= 4 is 17.3 Å². The van der Waals surface area contributed by atoms with Crippen LogP contribution in [0, 0.1) is 23.2 Å². The molecule has 2 fully saturated rings. The summed E-state index contributed by atoms with van der Waals surface area (Å²) in [5, 5.41) is 0. The van der Waals surface area contributed by atoms with Crippen LogP contribution in [0.4, 0.5) is 0 Å². The molecule has 0 spiro atoms. The zero-order chi connectivity index (χ0) is 15.0. The molecule has 0 amide bonds. The molecule has 0 radical (unpaired) electrons. The summed E-state index contributed by atoms with van der Waals surface area (Å²) < 4.78 is 0. The molecule has 0 aromatic heterocycles. The minimum atomic E-state index is -0.223. The summed E-state index contributed by atoms with van der Waals surface area (Å²) in [5.74, 6) is 1.17. The largest absolute Gasteiger partial charge is 0.299 e. The van der Waals surface area contributed by atoms with Gasteiger partial charge in [0.05, 0.1) is 0 Å². The second-order valence-corrected chi connectivity index (χ2v) is 6.98. The molecular weight excluding hydrogens is 264 g/mol. The van der Waals surface area contributed by atoms with Crippen LogP contribution < -0.4 is 0 Å². The Kier molecular flexibility index (Phi) is 3.71. The number of ketones is 3. The van der Waals surface area contributed by atoms with Crippen molar-refractivity contribution in [2.24, 2.45) is 23.2 Å². The highest BCUT2D eigenvalue weighted by Crippen LogP contribution is 2.55. The van der Waals surface area contributed by atoms with E-state index in [0.29, 0.717) is 31.0 Å². The molecular formula is C18H22O3. The highest BCUT2D eigenvalue weighted by Gasteiger charge is 2.54. The number of hydrogen-bond acceptors (Lipinski definition) is 3. The van der Waals surface area contributed by atoms with Crippen LogP contribution in [-0.4, -0.2) is 17.3 Å². The van der Waals surface area contributed by atoms with Crippen LogP contribution in [0.1, 0.15) is 51.9 Å². The zero-order valence-corrected chi connectivity index (χ0v) is 12.6. The van der Waals surface area contributed by atoms with Crippen molar-refractivity contribution in [3.63, 3.8) is 0 Å². The number of rotatable bonds is 0. The lowest BCUT2D eigenvalue weighted by atomic mass is 9.58. The van der Waals surface area contributed by atoms with E-state index in [-0.39, 0.29) is 28.8 Å². The SMILES string of the molecule is C[C@]12CC[C@@H]3C(=O)CCC(=O)C=C=CC[C@H]3[C@@H]1CCC2=O. The molecule has 3 rings (SSSR count). The standard InChI is InChI=1S/C18H22O3/c1-18-11-10-14-13(15(18)7-9-17(18)21)5-3-2-4-12(19)6-8-16(14)20/h3-4,13-15H,5-11H2,1H3/t2?,13-,14+,15+,18+/m1/s1. The summed E-state index contributed by atoms with van der Waals surface area (Å²) in [6.07, 6.45) is 7.95. The van der Waals surface area contributed by atoms with Crippen LogP contribution in [0.15, 0.2) is 17.9 Å². The van der Waals surface area contributed by atoms with Crippen LogP contribution in [-0.2, 0) is 14.4 Å². The Morgan fingerprint density at radius 1 is 1.14 bits per heavy atom. The quantitative estimate of drug-likeness (QED) is 0.643. The van der Waals surface area contributed by atoms with Crippen molar-refractivity contribution in [3.8, 4) is 0 Å². The second-order valence-electron chi connectivity index (χ2n) is 6.98. The monoisotopic (exact) mass is 286 g/mol. The molecule has 3 aliphatic rings. The minimum absolute atomic E-state index is 0.0188. The molecule has 112 valence electrons. The maximum Gasteiger partial charge on any atom is 0.163 e. The maximum absolute atomic E-state index is 12.5. The fraction of sp³-hybridized carbons (Fsp3) is 0.667. The molecule has 3 heteroatoms. The van der Waals surface area contributed by atoms with Gasteiger partial charge in [0.25, 0.3) is 0 Å². The Balaban J connectivity index is 1.93. The van der Waals surface area contributed by atoms with E-state index in [2.05, 4.69) is 12.7 Å². The highest BCUT2D eigenvalue weighted by molar-refractivity contribution is 5.94. The fourth-order valence-corrected chi connectivity index (χ4v) is 4.65. The van der Waals surface area contributed by atoms with Crippen molar-refractivity contribution in [1.29, 1.82) is 0 Å². The van der Waals surface area contributed by atoms with Crippen LogP contribution in [0.2, 0.25) is 0 Å². The van der Waals surface area contributed by atoms with E-state index in [1.165, 1.54) is 6.08 Å². The summed E-state index contributed by atoms with van der Waals surface area (Å²) in [4.78, 5) is 36.3. The Labute approximate surface area is 125 Å². The third-order valence-corrected chi connectivity index (χ3v) is 5.93. The van der Waals surface area contributed by atoms with Gasteiger partial charge in [0, 0.05) is 36.7 Å². The van der Waals surface area contributed by atoms with E-state index >= 15 is 0 Å². The lowest BCUT2D eigenvalue weighted by Crippen LogP contribution is -2.44. The Bertz CT molecular complexity index is 553. The van der Waals surface area contributed by atoms with Crippen LogP contribution >= 0.6 is 0 Å². The molecule has 0 unspecified atom stereocenters. The van der Waals surface area contributed by atoms with E-state index in [9.17, 15) is 14.4 Å². The first-order valence-electron chi connectivity index (χ1n) is 8.02. The number of Topliss-reactive ketones (excluding diaryl/α,β-unsaturated/α-hetero) is 2. The highest BCUT2D eigenvalue weighted by atomic mass is 16.1. The summed E-state index contributed by atoms with van der Waals surface area (Å²) in [6.45, 7) is 2.09.